The lowest BCUT2D eigenvalue weighted by Gasteiger charge is -2.35. The van der Waals surface area contributed by atoms with Crippen LogP contribution in [0.15, 0.2) is 47.1 Å². The number of nitrogens with zero attached hydrogens (tertiary/aromatic N) is 3. The summed E-state index contributed by atoms with van der Waals surface area (Å²) in [5, 5.41) is 0. The van der Waals surface area contributed by atoms with Crippen molar-refractivity contribution in [1.82, 2.24) is 9.80 Å². The topological polar surface area (TPSA) is 83.3 Å². The van der Waals surface area contributed by atoms with Crippen molar-refractivity contribution in [3.8, 4) is 5.75 Å². The normalized spacial score (nSPS) is 19.6. The molecule has 3 heterocycles. The highest BCUT2D eigenvalue weighted by Crippen LogP contribution is 2.28. The number of piperazine rings is 1. The van der Waals surface area contributed by atoms with E-state index in [-0.39, 0.29) is 30.1 Å². The number of carbonyl (C=O) groups excluding carboxylic acids is 3. The molecule has 4 rings (SSSR count). The van der Waals surface area contributed by atoms with Gasteiger partial charge in [0.05, 0.1) is 19.3 Å². The van der Waals surface area contributed by atoms with Crippen LogP contribution in [0.4, 0.5) is 5.69 Å². The largest absolute Gasteiger partial charge is 0.497 e. The smallest absolute Gasteiger partial charge is 0.289 e. The first-order valence-electron chi connectivity index (χ1n) is 9.63. The average molecular weight is 397 g/mol. The van der Waals surface area contributed by atoms with E-state index in [1.165, 1.54) is 6.26 Å². The standard InChI is InChI=1S/C21H23N3O5/c1-28-17-6-4-16(5-7-17)24-14-15(13-19(24)25)20(26)22-8-10-23(11-9-22)21(27)18-3-2-12-29-18/h2-7,12,15H,8-11,13-14H2,1H3/t15-/m0/s1. The Balaban J connectivity index is 1.34. The molecule has 8 nitrogen and oxygen atoms in total. The summed E-state index contributed by atoms with van der Waals surface area (Å²) in [6.07, 6.45) is 1.68. The lowest BCUT2D eigenvalue weighted by Crippen LogP contribution is -2.52. The molecule has 0 radical (unpaired) electrons. The zero-order chi connectivity index (χ0) is 20.4. The molecule has 1 aromatic carbocycles. The van der Waals surface area contributed by atoms with Crippen molar-refractivity contribution in [3.63, 3.8) is 0 Å². The Morgan fingerprint density at radius 2 is 1.72 bits per heavy atom. The van der Waals surface area contributed by atoms with Gasteiger partial charge < -0.3 is 23.9 Å². The molecule has 1 aromatic heterocycles. The van der Waals surface area contributed by atoms with Gasteiger partial charge in [0.25, 0.3) is 5.91 Å². The summed E-state index contributed by atoms with van der Waals surface area (Å²) in [6, 6.07) is 10.6. The second-order valence-electron chi connectivity index (χ2n) is 7.20. The highest BCUT2D eigenvalue weighted by molar-refractivity contribution is 6.00. The van der Waals surface area contributed by atoms with Crippen molar-refractivity contribution >= 4 is 23.4 Å². The van der Waals surface area contributed by atoms with E-state index in [0.717, 1.165) is 11.4 Å². The number of furan rings is 1. The summed E-state index contributed by atoms with van der Waals surface area (Å²) in [4.78, 5) is 42.8. The molecule has 29 heavy (non-hydrogen) atoms. The number of benzene rings is 1. The maximum absolute atomic E-state index is 12.9. The summed E-state index contributed by atoms with van der Waals surface area (Å²) in [5.41, 5.74) is 0.764. The molecular weight excluding hydrogens is 374 g/mol. The van der Waals surface area contributed by atoms with Gasteiger partial charge in [-0.2, -0.15) is 0 Å². The van der Waals surface area contributed by atoms with Crippen molar-refractivity contribution in [3.05, 3.63) is 48.4 Å². The molecule has 2 saturated heterocycles. The van der Waals surface area contributed by atoms with Gasteiger partial charge in [0, 0.05) is 44.8 Å². The minimum atomic E-state index is -0.364. The fraction of sp³-hybridized carbons (Fsp3) is 0.381. The van der Waals surface area contributed by atoms with E-state index >= 15 is 0 Å². The monoisotopic (exact) mass is 397 g/mol. The van der Waals surface area contributed by atoms with Crippen molar-refractivity contribution in [2.24, 2.45) is 5.92 Å². The van der Waals surface area contributed by atoms with Gasteiger partial charge in [-0.1, -0.05) is 0 Å². The van der Waals surface area contributed by atoms with Gasteiger partial charge in [-0.3, -0.25) is 14.4 Å². The van der Waals surface area contributed by atoms with Crippen LogP contribution in [-0.2, 0) is 9.59 Å². The predicted molar refractivity (Wildman–Crippen MR) is 105 cm³/mol. The molecule has 0 unspecified atom stereocenters. The van der Waals surface area contributed by atoms with E-state index < -0.39 is 0 Å². The molecule has 8 heteroatoms. The number of methoxy groups -OCH3 is 1. The Bertz CT molecular complexity index is 886. The Morgan fingerprint density at radius 3 is 2.34 bits per heavy atom. The second kappa shape index (κ2) is 7.98. The molecule has 0 spiro atoms. The number of ether oxygens (including phenoxy) is 1. The molecule has 0 saturated carbocycles. The lowest BCUT2D eigenvalue weighted by atomic mass is 10.1. The lowest BCUT2D eigenvalue weighted by molar-refractivity contribution is -0.137. The summed E-state index contributed by atoms with van der Waals surface area (Å²) >= 11 is 0. The van der Waals surface area contributed by atoms with Crippen LogP contribution >= 0.6 is 0 Å². The quantitative estimate of drug-likeness (QED) is 0.783. The summed E-state index contributed by atoms with van der Waals surface area (Å²) in [6.45, 7) is 2.19. The third-order valence-electron chi connectivity index (χ3n) is 5.47. The van der Waals surface area contributed by atoms with Gasteiger partial charge in [0.15, 0.2) is 5.76 Å². The zero-order valence-electron chi connectivity index (χ0n) is 16.2. The predicted octanol–water partition coefficient (Wildman–Crippen LogP) is 1.63. The molecule has 0 N–H and O–H groups in total. The van der Waals surface area contributed by atoms with Crippen LogP contribution in [-0.4, -0.2) is 67.4 Å². The number of carbonyl (C=O) groups is 3. The molecule has 152 valence electrons. The Labute approximate surface area is 168 Å². The molecule has 2 aromatic rings. The van der Waals surface area contributed by atoms with Gasteiger partial charge in [-0.05, 0) is 36.4 Å². The molecule has 0 aliphatic carbocycles. The summed E-state index contributed by atoms with van der Waals surface area (Å²) < 4.78 is 10.3. The van der Waals surface area contributed by atoms with E-state index in [1.54, 1.807) is 46.1 Å². The van der Waals surface area contributed by atoms with Crippen LogP contribution in [0, 0.1) is 5.92 Å². The van der Waals surface area contributed by atoms with Gasteiger partial charge in [-0.25, -0.2) is 0 Å². The fourth-order valence-corrected chi connectivity index (χ4v) is 3.83. The van der Waals surface area contributed by atoms with E-state index in [2.05, 4.69) is 0 Å². The van der Waals surface area contributed by atoms with Gasteiger partial charge >= 0.3 is 0 Å². The van der Waals surface area contributed by atoms with Gasteiger partial charge in [0.1, 0.15) is 5.75 Å². The van der Waals surface area contributed by atoms with Crippen LogP contribution < -0.4 is 9.64 Å². The van der Waals surface area contributed by atoms with Crippen LogP contribution in [0.1, 0.15) is 17.0 Å². The highest BCUT2D eigenvalue weighted by atomic mass is 16.5. The average Bonchev–Trinajstić information content (AvgIpc) is 3.43. The SMILES string of the molecule is COc1ccc(N2C[C@@H](C(=O)N3CCN(C(=O)c4ccco4)CC3)CC2=O)cc1. The Hall–Kier alpha value is -3.29. The first kappa shape index (κ1) is 19.0. The maximum atomic E-state index is 12.9. The number of anilines is 1. The Kier molecular flexibility index (Phi) is 5.24. The van der Waals surface area contributed by atoms with Gasteiger partial charge in [-0.15, -0.1) is 0 Å². The van der Waals surface area contributed by atoms with Crippen molar-refractivity contribution in [2.75, 3.05) is 44.7 Å². The van der Waals surface area contributed by atoms with E-state index in [0.29, 0.717) is 38.5 Å². The second-order valence-corrected chi connectivity index (χ2v) is 7.20. The number of hydrogen-bond donors (Lipinski definition) is 0. The first-order valence-corrected chi connectivity index (χ1v) is 9.63. The summed E-state index contributed by atoms with van der Waals surface area (Å²) in [5.74, 6) is 0.414. The van der Waals surface area contributed by atoms with Crippen molar-refractivity contribution in [1.29, 1.82) is 0 Å². The van der Waals surface area contributed by atoms with Crippen molar-refractivity contribution < 1.29 is 23.5 Å². The van der Waals surface area contributed by atoms with E-state index in [9.17, 15) is 14.4 Å². The number of rotatable bonds is 4. The van der Waals surface area contributed by atoms with Gasteiger partial charge in [0.2, 0.25) is 11.8 Å². The molecule has 2 aliphatic heterocycles. The van der Waals surface area contributed by atoms with Crippen LogP contribution in [0.2, 0.25) is 0 Å². The number of amides is 3. The van der Waals surface area contributed by atoms with E-state index in [1.807, 2.05) is 12.1 Å². The fourth-order valence-electron chi connectivity index (χ4n) is 3.83. The minimum Gasteiger partial charge on any atom is -0.497 e. The van der Waals surface area contributed by atoms with Crippen LogP contribution in [0.3, 0.4) is 0 Å². The third kappa shape index (κ3) is 3.83. The molecule has 1 atom stereocenters. The molecular formula is C21H23N3O5. The van der Waals surface area contributed by atoms with Crippen LogP contribution in [0.5, 0.6) is 5.75 Å². The Morgan fingerprint density at radius 1 is 1.03 bits per heavy atom. The zero-order valence-corrected chi connectivity index (χ0v) is 16.2. The molecule has 2 aliphatic rings. The molecule has 3 amide bonds. The molecule has 2 fully saturated rings. The van der Waals surface area contributed by atoms with Crippen LogP contribution in [0.25, 0.3) is 0 Å². The summed E-state index contributed by atoms with van der Waals surface area (Å²) in [7, 11) is 1.59. The number of hydrogen-bond acceptors (Lipinski definition) is 5. The first-order chi connectivity index (χ1) is 14.1. The third-order valence-corrected chi connectivity index (χ3v) is 5.47. The maximum Gasteiger partial charge on any atom is 0.289 e. The highest BCUT2D eigenvalue weighted by Gasteiger charge is 2.38. The molecule has 0 bridgehead atoms. The minimum absolute atomic E-state index is 0.0283. The van der Waals surface area contributed by atoms with Crippen molar-refractivity contribution in [2.45, 2.75) is 6.42 Å². The van der Waals surface area contributed by atoms with E-state index in [4.69, 9.17) is 9.15 Å².